The van der Waals surface area contributed by atoms with Crippen molar-refractivity contribution in [2.75, 3.05) is 12.0 Å². The van der Waals surface area contributed by atoms with Gasteiger partial charge >= 0.3 is 0 Å². The maximum atomic E-state index is 12.6. The summed E-state index contributed by atoms with van der Waals surface area (Å²) in [5, 5.41) is 9.54. The predicted octanol–water partition coefficient (Wildman–Crippen LogP) is 1.05. The number of aliphatic hydroxyl groups is 1. The number of aryl methyl sites for hydroxylation is 1. The van der Waals surface area contributed by atoms with Gasteiger partial charge in [0.15, 0.2) is 0 Å². The predicted molar refractivity (Wildman–Crippen MR) is 77.1 cm³/mol. The smallest absolute Gasteiger partial charge is 0.257 e. The number of likely N-dealkylation sites (tertiary alicyclic amines) is 1. The summed E-state index contributed by atoms with van der Waals surface area (Å²) < 4.78 is 0. The summed E-state index contributed by atoms with van der Waals surface area (Å²) in [5.41, 5.74) is 4.43. The van der Waals surface area contributed by atoms with Crippen molar-refractivity contribution in [3.8, 4) is 0 Å². The molecule has 0 bridgehead atoms. The van der Waals surface area contributed by atoms with Crippen LogP contribution in [-0.4, -0.2) is 39.6 Å². The van der Waals surface area contributed by atoms with Crippen molar-refractivity contribution in [2.24, 2.45) is 5.84 Å². The lowest BCUT2D eigenvalue weighted by molar-refractivity contribution is 0.0682. The molecule has 0 spiro atoms. The zero-order chi connectivity index (χ0) is 14.7. The summed E-state index contributed by atoms with van der Waals surface area (Å²) in [4.78, 5) is 18.6. The molecule has 1 amide bonds. The molecular formula is C14H22N4O2. The molecule has 1 aliphatic rings. The van der Waals surface area contributed by atoms with Crippen molar-refractivity contribution in [3.05, 3.63) is 23.5 Å². The number of aromatic nitrogens is 1. The van der Waals surface area contributed by atoms with Crippen LogP contribution in [0.1, 0.15) is 42.2 Å². The van der Waals surface area contributed by atoms with Crippen LogP contribution in [0.5, 0.6) is 0 Å². The lowest BCUT2D eigenvalue weighted by Gasteiger charge is -2.26. The standard InChI is InChI=1S/C14H22N4O2/c1-9-6-13(17-15)12(8-16-9)14(20)18-5-3-4-11(18)7-10(2)19/h6,8,10-11,19H,3-5,7,15H2,1-2H3,(H,16,17). The number of carbonyl (C=O) groups is 1. The molecule has 6 heteroatoms. The highest BCUT2D eigenvalue weighted by atomic mass is 16.3. The van der Waals surface area contributed by atoms with Gasteiger partial charge in [-0.1, -0.05) is 0 Å². The van der Waals surface area contributed by atoms with Crippen LogP contribution in [0.25, 0.3) is 0 Å². The first-order valence-corrected chi connectivity index (χ1v) is 6.95. The second-order valence-corrected chi connectivity index (χ2v) is 5.39. The molecule has 110 valence electrons. The number of hydrogen-bond donors (Lipinski definition) is 3. The largest absolute Gasteiger partial charge is 0.393 e. The number of nitrogen functional groups attached to an aromatic ring is 1. The third-order valence-electron chi connectivity index (χ3n) is 3.68. The number of aliphatic hydroxyl groups excluding tert-OH is 1. The van der Waals surface area contributed by atoms with Crippen molar-refractivity contribution in [1.29, 1.82) is 0 Å². The third kappa shape index (κ3) is 3.08. The zero-order valence-corrected chi connectivity index (χ0v) is 12.0. The van der Waals surface area contributed by atoms with Crippen LogP contribution in [0, 0.1) is 6.92 Å². The van der Waals surface area contributed by atoms with E-state index in [-0.39, 0.29) is 11.9 Å². The number of amides is 1. The van der Waals surface area contributed by atoms with Crippen LogP contribution in [0.4, 0.5) is 5.69 Å². The van der Waals surface area contributed by atoms with E-state index in [1.54, 1.807) is 19.2 Å². The number of carbonyl (C=O) groups excluding carboxylic acids is 1. The summed E-state index contributed by atoms with van der Waals surface area (Å²) in [6.45, 7) is 4.32. The number of nitrogens with two attached hydrogens (primary N) is 1. The highest BCUT2D eigenvalue weighted by molar-refractivity contribution is 5.99. The van der Waals surface area contributed by atoms with Crippen molar-refractivity contribution in [2.45, 2.75) is 45.3 Å². The van der Waals surface area contributed by atoms with E-state index in [9.17, 15) is 9.90 Å². The minimum atomic E-state index is -0.406. The van der Waals surface area contributed by atoms with E-state index in [0.29, 0.717) is 24.2 Å². The highest BCUT2D eigenvalue weighted by Crippen LogP contribution is 2.26. The molecule has 1 aliphatic heterocycles. The molecule has 0 aromatic carbocycles. The van der Waals surface area contributed by atoms with Crippen molar-refractivity contribution in [3.63, 3.8) is 0 Å². The van der Waals surface area contributed by atoms with E-state index in [2.05, 4.69) is 10.4 Å². The van der Waals surface area contributed by atoms with Gasteiger partial charge in [0, 0.05) is 24.5 Å². The Hall–Kier alpha value is -1.66. The molecule has 0 aliphatic carbocycles. The quantitative estimate of drug-likeness (QED) is 0.565. The minimum Gasteiger partial charge on any atom is -0.393 e. The summed E-state index contributed by atoms with van der Waals surface area (Å²) >= 11 is 0. The van der Waals surface area contributed by atoms with Crippen molar-refractivity contribution < 1.29 is 9.90 Å². The summed E-state index contributed by atoms with van der Waals surface area (Å²) in [5.74, 6) is 5.41. The monoisotopic (exact) mass is 278 g/mol. The molecule has 1 saturated heterocycles. The van der Waals surface area contributed by atoms with E-state index >= 15 is 0 Å². The maximum absolute atomic E-state index is 12.6. The maximum Gasteiger partial charge on any atom is 0.257 e. The normalized spacial score (nSPS) is 20.0. The van der Waals surface area contributed by atoms with Crippen molar-refractivity contribution in [1.82, 2.24) is 9.88 Å². The SMILES string of the molecule is Cc1cc(NN)c(C(=O)N2CCCC2CC(C)O)cn1. The summed E-state index contributed by atoms with van der Waals surface area (Å²) in [7, 11) is 0. The molecule has 20 heavy (non-hydrogen) atoms. The third-order valence-corrected chi connectivity index (χ3v) is 3.68. The Kier molecular flexibility index (Phi) is 4.57. The average molecular weight is 278 g/mol. The van der Waals surface area contributed by atoms with Crippen LogP contribution in [0.3, 0.4) is 0 Å². The number of anilines is 1. The molecule has 2 rings (SSSR count). The minimum absolute atomic E-state index is 0.0754. The number of nitrogens with one attached hydrogen (secondary N) is 1. The number of nitrogens with zero attached hydrogens (tertiary/aromatic N) is 2. The Morgan fingerprint density at radius 2 is 2.45 bits per heavy atom. The Balaban J connectivity index is 2.22. The van der Waals surface area contributed by atoms with Crippen LogP contribution in [-0.2, 0) is 0 Å². The van der Waals surface area contributed by atoms with Gasteiger partial charge in [0.05, 0.1) is 17.4 Å². The number of hydrogen-bond acceptors (Lipinski definition) is 5. The van der Waals surface area contributed by atoms with Crippen LogP contribution in [0.2, 0.25) is 0 Å². The highest BCUT2D eigenvalue weighted by Gasteiger charge is 2.31. The van der Waals surface area contributed by atoms with E-state index < -0.39 is 6.10 Å². The van der Waals surface area contributed by atoms with Gasteiger partial charge in [-0.15, -0.1) is 0 Å². The zero-order valence-electron chi connectivity index (χ0n) is 12.0. The van der Waals surface area contributed by atoms with Crippen molar-refractivity contribution >= 4 is 11.6 Å². The Labute approximate surface area is 119 Å². The fraction of sp³-hybridized carbons (Fsp3) is 0.571. The molecule has 1 fully saturated rings. The lowest BCUT2D eigenvalue weighted by atomic mass is 10.1. The molecule has 1 aromatic heterocycles. The molecule has 0 radical (unpaired) electrons. The molecule has 2 atom stereocenters. The average Bonchev–Trinajstić information content (AvgIpc) is 2.85. The van der Waals surface area contributed by atoms with E-state index in [1.165, 1.54) is 0 Å². The second-order valence-electron chi connectivity index (χ2n) is 5.39. The van der Waals surface area contributed by atoms with Crippen LogP contribution in [0.15, 0.2) is 12.3 Å². The molecule has 4 N–H and O–H groups in total. The fourth-order valence-corrected chi connectivity index (χ4v) is 2.75. The van der Waals surface area contributed by atoms with E-state index in [0.717, 1.165) is 18.5 Å². The second kappa shape index (κ2) is 6.19. The van der Waals surface area contributed by atoms with Crippen LogP contribution < -0.4 is 11.3 Å². The molecule has 1 aromatic rings. The van der Waals surface area contributed by atoms with Gasteiger partial charge in [0.2, 0.25) is 0 Å². The molecule has 6 nitrogen and oxygen atoms in total. The Morgan fingerprint density at radius 3 is 3.10 bits per heavy atom. The van der Waals surface area contributed by atoms with Gasteiger partial charge in [-0.3, -0.25) is 15.6 Å². The summed E-state index contributed by atoms with van der Waals surface area (Å²) in [6.07, 6.45) is 3.66. The molecule has 2 unspecified atom stereocenters. The number of hydrazine groups is 1. The van der Waals surface area contributed by atoms with Gasteiger partial charge in [0.25, 0.3) is 5.91 Å². The topological polar surface area (TPSA) is 91.5 Å². The number of pyridine rings is 1. The first-order chi connectivity index (χ1) is 9.52. The lowest BCUT2D eigenvalue weighted by Crippen LogP contribution is -2.37. The Bertz CT molecular complexity index is 490. The summed E-state index contributed by atoms with van der Waals surface area (Å²) in [6, 6.07) is 1.85. The first kappa shape index (κ1) is 14.7. The fourth-order valence-electron chi connectivity index (χ4n) is 2.75. The first-order valence-electron chi connectivity index (χ1n) is 6.95. The van der Waals surface area contributed by atoms with Crippen LogP contribution >= 0.6 is 0 Å². The van der Waals surface area contributed by atoms with Gasteiger partial charge in [-0.25, -0.2) is 0 Å². The Morgan fingerprint density at radius 1 is 1.70 bits per heavy atom. The number of rotatable bonds is 4. The molecule has 2 heterocycles. The van der Waals surface area contributed by atoms with Gasteiger partial charge < -0.3 is 15.4 Å². The van der Waals surface area contributed by atoms with Gasteiger partial charge in [0.1, 0.15) is 0 Å². The van der Waals surface area contributed by atoms with Gasteiger partial charge in [-0.05, 0) is 39.2 Å². The molecular weight excluding hydrogens is 256 g/mol. The van der Waals surface area contributed by atoms with E-state index in [4.69, 9.17) is 5.84 Å². The van der Waals surface area contributed by atoms with E-state index in [1.807, 2.05) is 11.8 Å². The van der Waals surface area contributed by atoms with Gasteiger partial charge in [-0.2, -0.15) is 0 Å². The molecule has 0 saturated carbocycles.